The van der Waals surface area contributed by atoms with Gasteiger partial charge in [-0.2, -0.15) is 0 Å². The van der Waals surface area contributed by atoms with Crippen molar-refractivity contribution in [2.75, 3.05) is 6.61 Å². The molecule has 1 aromatic heterocycles. The van der Waals surface area contributed by atoms with E-state index in [1.165, 1.54) is 0 Å². The van der Waals surface area contributed by atoms with Gasteiger partial charge in [0.1, 0.15) is 18.1 Å². The number of hydrogen-bond acceptors (Lipinski definition) is 5. The number of benzene rings is 4. The first-order valence-corrected chi connectivity index (χ1v) is 13.0. The lowest BCUT2D eigenvalue weighted by Gasteiger charge is -2.22. The molecule has 0 fully saturated rings. The van der Waals surface area contributed by atoms with E-state index < -0.39 is 0 Å². The third kappa shape index (κ3) is 6.25. The minimum atomic E-state index is -0.379. The molecule has 6 rings (SSSR count). The van der Waals surface area contributed by atoms with Gasteiger partial charge < -0.3 is 15.2 Å². The Morgan fingerprint density at radius 2 is 1.40 bits per heavy atom. The van der Waals surface area contributed by atoms with Crippen LogP contribution < -0.4 is 15.2 Å². The lowest BCUT2D eigenvalue weighted by Crippen LogP contribution is -2.16. The number of ether oxygens (including phenoxy) is 2. The SMILES string of the molecule is NC(=O)c1ccccc1.O=C1CCOc2c1ccc(OCc1ccncc1)c2-c1ccc(-c2ccccc2)cc1. The van der Waals surface area contributed by atoms with Gasteiger partial charge in [0.05, 0.1) is 17.7 Å². The summed E-state index contributed by atoms with van der Waals surface area (Å²) in [5.41, 5.74) is 11.2. The number of rotatable bonds is 6. The van der Waals surface area contributed by atoms with E-state index in [0.29, 0.717) is 42.3 Å². The predicted molar refractivity (Wildman–Crippen MR) is 155 cm³/mol. The summed E-state index contributed by atoms with van der Waals surface area (Å²) in [6.45, 7) is 0.791. The molecule has 0 radical (unpaired) electrons. The second-order valence-electron chi connectivity index (χ2n) is 9.15. The van der Waals surface area contributed by atoms with Crippen LogP contribution in [-0.2, 0) is 6.61 Å². The Bertz CT molecular complexity index is 1590. The molecule has 0 bridgehead atoms. The van der Waals surface area contributed by atoms with Crippen molar-refractivity contribution < 1.29 is 19.1 Å². The number of Topliss-reactive ketones (excluding diaryl/α,β-unsaturated/α-hetero) is 1. The Labute approximate surface area is 233 Å². The monoisotopic (exact) mass is 528 g/mol. The first-order valence-electron chi connectivity index (χ1n) is 13.0. The van der Waals surface area contributed by atoms with Gasteiger partial charge in [-0.25, -0.2) is 0 Å². The number of nitrogens with zero attached hydrogens (tertiary/aromatic N) is 1. The highest BCUT2D eigenvalue weighted by atomic mass is 16.5. The van der Waals surface area contributed by atoms with E-state index in [2.05, 4.69) is 41.4 Å². The van der Waals surface area contributed by atoms with Crippen molar-refractivity contribution in [3.8, 4) is 33.8 Å². The second-order valence-corrected chi connectivity index (χ2v) is 9.15. The number of primary amides is 1. The third-order valence-electron chi connectivity index (χ3n) is 6.48. The van der Waals surface area contributed by atoms with Gasteiger partial charge in [-0.15, -0.1) is 0 Å². The van der Waals surface area contributed by atoms with E-state index in [4.69, 9.17) is 15.2 Å². The molecule has 198 valence electrons. The van der Waals surface area contributed by atoms with E-state index >= 15 is 0 Å². The van der Waals surface area contributed by atoms with Crippen LogP contribution in [0, 0.1) is 0 Å². The number of carbonyl (C=O) groups excluding carboxylic acids is 2. The fraction of sp³-hybridized carbons (Fsp3) is 0.0882. The predicted octanol–water partition coefficient (Wildman–Crippen LogP) is 6.75. The molecule has 40 heavy (non-hydrogen) atoms. The highest BCUT2D eigenvalue weighted by molar-refractivity contribution is 6.03. The maximum Gasteiger partial charge on any atom is 0.248 e. The summed E-state index contributed by atoms with van der Waals surface area (Å²) in [4.78, 5) is 26.9. The second kappa shape index (κ2) is 12.5. The minimum absolute atomic E-state index is 0.101. The number of carbonyl (C=O) groups is 2. The number of aromatic nitrogens is 1. The van der Waals surface area contributed by atoms with Gasteiger partial charge in [0.15, 0.2) is 5.78 Å². The van der Waals surface area contributed by atoms with Crippen molar-refractivity contribution in [2.45, 2.75) is 13.0 Å². The Morgan fingerprint density at radius 3 is 2.05 bits per heavy atom. The third-order valence-corrected chi connectivity index (χ3v) is 6.48. The van der Waals surface area contributed by atoms with Gasteiger partial charge in [-0.1, -0.05) is 72.8 Å². The number of amides is 1. The minimum Gasteiger partial charge on any atom is -0.492 e. The van der Waals surface area contributed by atoms with Crippen molar-refractivity contribution in [3.63, 3.8) is 0 Å². The van der Waals surface area contributed by atoms with Crippen LogP contribution in [0.5, 0.6) is 11.5 Å². The van der Waals surface area contributed by atoms with Crippen LogP contribution in [0.15, 0.2) is 122 Å². The zero-order valence-electron chi connectivity index (χ0n) is 21.8. The molecule has 1 amide bonds. The molecule has 5 aromatic rings. The molecule has 4 aromatic carbocycles. The molecule has 0 spiro atoms. The van der Waals surface area contributed by atoms with Crippen molar-refractivity contribution in [1.82, 2.24) is 4.98 Å². The maximum absolute atomic E-state index is 12.5. The van der Waals surface area contributed by atoms with Crippen LogP contribution in [0.3, 0.4) is 0 Å². The summed E-state index contributed by atoms with van der Waals surface area (Å²) in [6, 6.07) is 34.8. The van der Waals surface area contributed by atoms with Gasteiger partial charge in [0.25, 0.3) is 0 Å². The van der Waals surface area contributed by atoms with Crippen LogP contribution in [0.1, 0.15) is 32.7 Å². The molecule has 2 N–H and O–H groups in total. The normalized spacial score (nSPS) is 11.8. The summed E-state index contributed by atoms with van der Waals surface area (Å²) < 4.78 is 12.2. The average Bonchev–Trinajstić information content (AvgIpc) is 3.02. The molecular weight excluding hydrogens is 500 g/mol. The van der Waals surface area contributed by atoms with Gasteiger partial charge in [0.2, 0.25) is 5.91 Å². The van der Waals surface area contributed by atoms with Crippen LogP contribution >= 0.6 is 0 Å². The van der Waals surface area contributed by atoms with Crippen molar-refractivity contribution in [3.05, 3.63) is 138 Å². The summed E-state index contributed by atoms with van der Waals surface area (Å²) in [6.07, 6.45) is 3.89. The van der Waals surface area contributed by atoms with Gasteiger partial charge in [0, 0.05) is 24.4 Å². The van der Waals surface area contributed by atoms with Crippen molar-refractivity contribution in [1.29, 1.82) is 0 Å². The van der Waals surface area contributed by atoms with E-state index in [-0.39, 0.29) is 11.7 Å². The molecule has 2 heterocycles. The van der Waals surface area contributed by atoms with Crippen molar-refractivity contribution >= 4 is 11.7 Å². The number of hydrogen-bond donors (Lipinski definition) is 1. The lowest BCUT2D eigenvalue weighted by atomic mass is 9.94. The Balaban J connectivity index is 0.000000306. The Hall–Kier alpha value is -5.23. The number of pyridine rings is 1. The molecule has 0 aliphatic carbocycles. The zero-order chi connectivity index (χ0) is 27.7. The first-order chi connectivity index (χ1) is 19.6. The highest BCUT2D eigenvalue weighted by Crippen LogP contribution is 2.43. The molecule has 0 unspecified atom stereocenters. The fourth-order valence-electron chi connectivity index (χ4n) is 4.41. The molecule has 0 saturated carbocycles. The summed E-state index contributed by atoms with van der Waals surface area (Å²) >= 11 is 0. The number of ketones is 1. The molecule has 1 aliphatic heterocycles. The summed E-state index contributed by atoms with van der Waals surface area (Å²) in [5, 5.41) is 0. The van der Waals surface area contributed by atoms with Crippen LogP contribution in [-0.4, -0.2) is 23.3 Å². The van der Waals surface area contributed by atoms with Gasteiger partial charge in [-0.05, 0) is 58.7 Å². The Morgan fingerprint density at radius 1 is 0.775 bits per heavy atom. The average molecular weight is 529 g/mol. The summed E-state index contributed by atoms with van der Waals surface area (Å²) in [7, 11) is 0. The largest absolute Gasteiger partial charge is 0.492 e. The van der Waals surface area contributed by atoms with E-state index in [1.54, 1.807) is 42.7 Å². The van der Waals surface area contributed by atoms with Crippen molar-refractivity contribution in [2.24, 2.45) is 5.73 Å². The lowest BCUT2D eigenvalue weighted by molar-refractivity contribution is 0.0932. The highest BCUT2D eigenvalue weighted by Gasteiger charge is 2.25. The van der Waals surface area contributed by atoms with Gasteiger partial charge >= 0.3 is 0 Å². The van der Waals surface area contributed by atoms with Crippen LogP contribution in [0.25, 0.3) is 22.3 Å². The standard InChI is InChI=1S/C27H21NO3.C7H7NO/c29-24-14-17-30-27-23(24)10-11-25(31-18-19-12-15-28-16-13-19)26(27)22-8-6-21(7-9-22)20-4-2-1-3-5-20;8-7(9)6-4-2-1-3-5-6/h1-13,15-16H,14,17-18H2;1-5H,(H2,8,9). The molecule has 0 saturated heterocycles. The molecule has 6 heteroatoms. The quantitative estimate of drug-likeness (QED) is 0.263. The smallest absolute Gasteiger partial charge is 0.248 e. The zero-order valence-corrected chi connectivity index (χ0v) is 21.8. The maximum atomic E-state index is 12.5. The topological polar surface area (TPSA) is 91.5 Å². The van der Waals surface area contributed by atoms with E-state index in [9.17, 15) is 9.59 Å². The Kier molecular flexibility index (Phi) is 8.27. The molecule has 0 atom stereocenters. The number of fused-ring (bicyclic) bond motifs is 1. The fourth-order valence-corrected chi connectivity index (χ4v) is 4.41. The van der Waals surface area contributed by atoms with Crippen LogP contribution in [0.4, 0.5) is 0 Å². The molecule has 1 aliphatic rings. The van der Waals surface area contributed by atoms with Crippen LogP contribution in [0.2, 0.25) is 0 Å². The molecule has 6 nitrogen and oxygen atoms in total. The first kappa shape index (κ1) is 26.4. The molecular formula is C34H28N2O4. The van der Waals surface area contributed by atoms with Gasteiger partial charge in [-0.3, -0.25) is 14.6 Å². The van der Waals surface area contributed by atoms with E-state index in [1.807, 2.05) is 42.5 Å². The number of nitrogens with two attached hydrogens (primary N) is 1. The summed E-state index contributed by atoms with van der Waals surface area (Å²) in [5.74, 6) is 1.02. The van der Waals surface area contributed by atoms with E-state index in [0.717, 1.165) is 27.8 Å².